The first-order chi connectivity index (χ1) is 8.74. The number of aromatic nitrogens is 2. The highest BCUT2D eigenvalue weighted by Gasteiger charge is 2.19. The molecule has 1 unspecified atom stereocenters. The normalized spacial score (nSPS) is 19.2. The van der Waals surface area contributed by atoms with Crippen LogP contribution in [-0.4, -0.2) is 29.7 Å². The summed E-state index contributed by atoms with van der Waals surface area (Å²) in [4.78, 5) is 9.32. The van der Waals surface area contributed by atoms with Crippen LogP contribution in [0, 0.1) is 12.8 Å². The fourth-order valence-electron chi connectivity index (χ4n) is 2.48. The average Bonchev–Trinajstić information content (AvgIpc) is 2.82. The molecule has 1 aromatic rings. The van der Waals surface area contributed by atoms with Crippen LogP contribution in [0.2, 0.25) is 0 Å². The molecule has 18 heavy (non-hydrogen) atoms. The lowest BCUT2D eigenvalue weighted by Crippen LogP contribution is -2.13. The van der Waals surface area contributed by atoms with E-state index in [1.807, 2.05) is 0 Å². The van der Waals surface area contributed by atoms with Crippen LogP contribution in [0.15, 0.2) is 0 Å². The summed E-state index contributed by atoms with van der Waals surface area (Å²) in [6, 6.07) is 0. The molecular weight excluding hydrogens is 226 g/mol. The third kappa shape index (κ3) is 2.99. The van der Waals surface area contributed by atoms with Gasteiger partial charge in [-0.15, -0.1) is 0 Å². The Morgan fingerprint density at radius 3 is 2.78 bits per heavy atom. The summed E-state index contributed by atoms with van der Waals surface area (Å²) < 4.78 is 5.41. The van der Waals surface area contributed by atoms with E-state index in [0.29, 0.717) is 5.92 Å². The van der Waals surface area contributed by atoms with Gasteiger partial charge < -0.3 is 10.1 Å². The van der Waals surface area contributed by atoms with Crippen molar-refractivity contribution in [2.45, 2.75) is 40.0 Å². The third-order valence-corrected chi connectivity index (χ3v) is 3.45. The van der Waals surface area contributed by atoms with Crippen LogP contribution >= 0.6 is 0 Å². The molecule has 2 heterocycles. The van der Waals surface area contributed by atoms with Crippen LogP contribution in [0.5, 0.6) is 0 Å². The quantitative estimate of drug-likeness (QED) is 0.870. The predicted molar refractivity (Wildman–Crippen MR) is 72.9 cm³/mol. The van der Waals surface area contributed by atoms with Crippen molar-refractivity contribution in [1.82, 2.24) is 9.97 Å². The Morgan fingerprint density at radius 1 is 1.33 bits per heavy atom. The third-order valence-electron chi connectivity index (χ3n) is 3.45. The number of ether oxygens (including phenoxy) is 1. The highest BCUT2D eigenvalue weighted by Crippen LogP contribution is 2.21. The van der Waals surface area contributed by atoms with Crippen molar-refractivity contribution in [3.8, 4) is 0 Å². The van der Waals surface area contributed by atoms with Crippen molar-refractivity contribution >= 4 is 5.82 Å². The molecule has 4 heteroatoms. The molecule has 0 aromatic carbocycles. The molecule has 0 bridgehead atoms. The van der Waals surface area contributed by atoms with E-state index in [4.69, 9.17) is 4.74 Å². The lowest BCUT2D eigenvalue weighted by atomic mass is 10.0. The summed E-state index contributed by atoms with van der Waals surface area (Å²) in [6.45, 7) is 8.97. The first kappa shape index (κ1) is 13.3. The molecule has 1 saturated heterocycles. The second-order valence-electron chi connectivity index (χ2n) is 4.87. The largest absolute Gasteiger partial charge is 0.381 e. The molecule has 1 fully saturated rings. The zero-order valence-corrected chi connectivity index (χ0v) is 11.6. The minimum atomic E-state index is 0.589. The van der Waals surface area contributed by atoms with E-state index in [1.165, 1.54) is 5.56 Å². The van der Waals surface area contributed by atoms with Crippen LogP contribution in [0.4, 0.5) is 5.82 Å². The molecule has 0 aliphatic carbocycles. The summed E-state index contributed by atoms with van der Waals surface area (Å²) in [5, 5.41) is 3.35. The lowest BCUT2D eigenvalue weighted by molar-refractivity contribution is 0.185. The Morgan fingerprint density at radius 2 is 2.17 bits per heavy atom. The van der Waals surface area contributed by atoms with Crippen LogP contribution in [0.25, 0.3) is 0 Å². The molecule has 0 amide bonds. The lowest BCUT2D eigenvalue weighted by Gasteiger charge is -2.14. The molecule has 4 nitrogen and oxygen atoms in total. The van der Waals surface area contributed by atoms with Gasteiger partial charge in [0.15, 0.2) is 0 Å². The van der Waals surface area contributed by atoms with Crippen LogP contribution in [-0.2, 0) is 17.6 Å². The summed E-state index contributed by atoms with van der Waals surface area (Å²) in [5.41, 5.74) is 2.35. The van der Waals surface area contributed by atoms with E-state index in [-0.39, 0.29) is 0 Å². The Balaban J connectivity index is 2.19. The fourth-order valence-corrected chi connectivity index (χ4v) is 2.48. The summed E-state index contributed by atoms with van der Waals surface area (Å²) in [7, 11) is 0. The van der Waals surface area contributed by atoms with Crippen molar-refractivity contribution in [3.63, 3.8) is 0 Å². The molecular formula is C14H23N3O. The summed E-state index contributed by atoms with van der Waals surface area (Å²) >= 11 is 0. The molecule has 0 saturated carbocycles. The highest BCUT2D eigenvalue weighted by atomic mass is 16.5. The zero-order valence-electron chi connectivity index (χ0n) is 11.6. The second kappa shape index (κ2) is 6.14. The molecule has 2 rings (SSSR count). The van der Waals surface area contributed by atoms with Gasteiger partial charge in [-0.05, 0) is 32.6 Å². The predicted octanol–water partition coefficient (Wildman–Crippen LogP) is 2.36. The minimum Gasteiger partial charge on any atom is -0.381 e. The van der Waals surface area contributed by atoms with Crippen molar-refractivity contribution < 1.29 is 4.74 Å². The summed E-state index contributed by atoms with van der Waals surface area (Å²) in [6.07, 6.45) is 3.04. The second-order valence-corrected chi connectivity index (χ2v) is 4.87. The van der Waals surface area contributed by atoms with Crippen molar-refractivity contribution in [3.05, 3.63) is 17.1 Å². The number of anilines is 1. The molecule has 0 radical (unpaired) electrons. The maximum atomic E-state index is 5.41. The van der Waals surface area contributed by atoms with Gasteiger partial charge in [-0.1, -0.05) is 6.92 Å². The summed E-state index contributed by atoms with van der Waals surface area (Å²) in [5.74, 6) is 2.56. The molecule has 1 aliphatic rings. The van der Waals surface area contributed by atoms with E-state index in [1.54, 1.807) is 0 Å². The zero-order chi connectivity index (χ0) is 13.0. The van der Waals surface area contributed by atoms with Gasteiger partial charge in [0.2, 0.25) is 0 Å². The van der Waals surface area contributed by atoms with Gasteiger partial charge in [-0.25, -0.2) is 9.97 Å². The maximum Gasteiger partial charge on any atom is 0.133 e. The number of aryl methyl sites for hydroxylation is 1. The van der Waals surface area contributed by atoms with Crippen molar-refractivity contribution in [1.29, 1.82) is 0 Å². The molecule has 1 N–H and O–H groups in total. The first-order valence-electron chi connectivity index (χ1n) is 6.92. The van der Waals surface area contributed by atoms with Crippen molar-refractivity contribution in [2.24, 2.45) is 5.92 Å². The van der Waals surface area contributed by atoms with E-state index < -0.39 is 0 Å². The first-order valence-corrected chi connectivity index (χ1v) is 6.92. The van der Waals surface area contributed by atoms with Crippen LogP contribution in [0.3, 0.4) is 0 Å². The minimum absolute atomic E-state index is 0.589. The molecule has 0 spiro atoms. The van der Waals surface area contributed by atoms with Gasteiger partial charge >= 0.3 is 0 Å². The van der Waals surface area contributed by atoms with Gasteiger partial charge in [-0.3, -0.25) is 0 Å². The standard InChI is InChI=1S/C14H23N3O/c1-4-12-10(3)16-13(17-14(12)15-5-2)8-11-6-7-18-9-11/h11H,4-9H2,1-3H3,(H,15,16,17). The van der Waals surface area contributed by atoms with Gasteiger partial charge in [0.1, 0.15) is 11.6 Å². The molecule has 100 valence electrons. The van der Waals surface area contributed by atoms with Gasteiger partial charge in [0.05, 0.1) is 0 Å². The van der Waals surface area contributed by atoms with E-state index in [0.717, 1.165) is 56.4 Å². The Bertz CT molecular complexity index is 400. The Kier molecular flexibility index (Phi) is 4.53. The van der Waals surface area contributed by atoms with Gasteiger partial charge in [0, 0.05) is 37.4 Å². The van der Waals surface area contributed by atoms with Crippen LogP contribution < -0.4 is 5.32 Å². The van der Waals surface area contributed by atoms with Gasteiger partial charge in [-0.2, -0.15) is 0 Å². The van der Waals surface area contributed by atoms with E-state index >= 15 is 0 Å². The SMILES string of the molecule is CCNc1nc(CC2CCOC2)nc(C)c1CC. The number of hydrogen-bond acceptors (Lipinski definition) is 4. The van der Waals surface area contributed by atoms with E-state index in [2.05, 4.69) is 36.1 Å². The fraction of sp³-hybridized carbons (Fsp3) is 0.714. The molecule has 1 aromatic heterocycles. The van der Waals surface area contributed by atoms with E-state index in [9.17, 15) is 0 Å². The number of hydrogen-bond donors (Lipinski definition) is 1. The topological polar surface area (TPSA) is 47.0 Å². The Hall–Kier alpha value is -1.16. The molecule has 1 aliphatic heterocycles. The number of rotatable bonds is 5. The Labute approximate surface area is 109 Å². The average molecular weight is 249 g/mol. The molecule has 1 atom stereocenters. The maximum absolute atomic E-state index is 5.41. The monoisotopic (exact) mass is 249 g/mol. The number of nitrogens with zero attached hydrogens (tertiary/aromatic N) is 2. The number of nitrogens with one attached hydrogen (secondary N) is 1. The van der Waals surface area contributed by atoms with Crippen LogP contribution in [0.1, 0.15) is 37.4 Å². The highest BCUT2D eigenvalue weighted by molar-refractivity contribution is 5.46. The van der Waals surface area contributed by atoms with Gasteiger partial charge in [0.25, 0.3) is 0 Å². The van der Waals surface area contributed by atoms with Crippen molar-refractivity contribution in [2.75, 3.05) is 25.1 Å². The smallest absolute Gasteiger partial charge is 0.133 e.